The Morgan fingerprint density at radius 1 is 1.38 bits per heavy atom. The molecule has 2 aromatic rings. The van der Waals surface area contributed by atoms with Crippen LogP contribution in [0.25, 0.3) is 0 Å². The summed E-state index contributed by atoms with van der Waals surface area (Å²) < 4.78 is 7.08. The van der Waals surface area contributed by atoms with E-state index in [2.05, 4.69) is 59.2 Å². The minimum atomic E-state index is 0.464. The van der Waals surface area contributed by atoms with E-state index in [1.54, 1.807) is 11.3 Å². The molecular weight excluding hydrogens is 348 g/mol. The van der Waals surface area contributed by atoms with Gasteiger partial charge in [-0.2, -0.15) is 0 Å². The van der Waals surface area contributed by atoms with E-state index in [9.17, 15) is 0 Å². The maximum atomic E-state index is 6.02. The van der Waals surface area contributed by atoms with Crippen LogP contribution in [0.5, 0.6) is 5.75 Å². The first-order valence-electron chi connectivity index (χ1n) is 7.07. The van der Waals surface area contributed by atoms with Gasteiger partial charge in [0.05, 0.1) is 10.7 Å². The summed E-state index contributed by atoms with van der Waals surface area (Å²) in [4.78, 5) is 4.61. The fourth-order valence-corrected chi connectivity index (χ4v) is 3.59. The van der Waals surface area contributed by atoms with Gasteiger partial charge in [-0.25, -0.2) is 4.98 Å². The first kappa shape index (κ1) is 16.5. The zero-order valence-corrected chi connectivity index (χ0v) is 15.1. The number of nitrogens with two attached hydrogens (primary N) is 1. The van der Waals surface area contributed by atoms with Crippen LogP contribution in [0.2, 0.25) is 0 Å². The number of ether oxygens (including phenoxy) is 1. The van der Waals surface area contributed by atoms with Crippen LogP contribution in [0.4, 0.5) is 0 Å². The van der Waals surface area contributed by atoms with Gasteiger partial charge in [0.25, 0.3) is 0 Å². The Morgan fingerprint density at radius 2 is 2.14 bits per heavy atom. The SMILES string of the molecule is Cc1cc(Br)cc(CCN)c1OCc1csc(C(C)C)n1. The van der Waals surface area contributed by atoms with E-state index < -0.39 is 0 Å². The van der Waals surface area contributed by atoms with Crippen LogP contribution >= 0.6 is 27.3 Å². The van der Waals surface area contributed by atoms with Crippen molar-refractivity contribution >= 4 is 27.3 Å². The normalized spacial score (nSPS) is 11.1. The molecule has 5 heteroatoms. The monoisotopic (exact) mass is 368 g/mol. The van der Waals surface area contributed by atoms with Gasteiger partial charge in [-0.3, -0.25) is 0 Å². The molecule has 0 amide bonds. The lowest BCUT2D eigenvalue weighted by Gasteiger charge is -2.14. The van der Waals surface area contributed by atoms with E-state index in [1.807, 2.05) is 0 Å². The number of hydrogen-bond acceptors (Lipinski definition) is 4. The molecule has 1 aromatic heterocycles. The summed E-state index contributed by atoms with van der Waals surface area (Å²) in [5.41, 5.74) is 8.94. The highest BCUT2D eigenvalue weighted by Gasteiger charge is 2.11. The molecule has 2 rings (SSSR count). The molecule has 1 heterocycles. The van der Waals surface area contributed by atoms with Crippen molar-refractivity contribution in [1.82, 2.24) is 4.98 Å². The van der Waals surface area contributed by atoms with E-state index in [0.29, 0.717) is 19.1 Å². The first-order valence-corrected chi connectivity index (χ1v) is 8.74. The molecule has 0 aliphatic rings. The van der Waals surface area contributed by atoms with Gasteiger partial charge in [0.2, 0.25) is 0 Å². The molecule has 114 valence electrons. The molecule has 0 spiro atoms. The number of halogens is 1. The van der Waals surface area contributed by atoms with Gasteiger partial charge in [-0.1, -0.05) is 29.8 Å². The Morgan fingerprint density at radius 3 is 2.76 bits per heavy atom. The van der Waals surface area contributed by atoms with Gasteiger partial charge >= 0.3 is 0 Å². The molecule has 2 N–H and O–H groups in total. The molecule has 0 fully saturated rings. The zero-order chi connectivity index (χ0) is 15.4. The lowest BCUT2D eigenvalue weighted by molar-refractivity contribution is 0.296. The third kappa shape index (κ3) is 4.28. The van der Waals surface area contributed by atoms with Gasteiger partial charge in [-0.05, 0) is 43.1 Å². The largest absolute Gasteiger partial charge is 0.487 e. The second kappa shape index (κ2) is 7.38. The molecule has 3 nitrogen and oxygen atoms in total. The highest BCUT2D eigenvalue weighted by atomic mass is 79.9. The maximum absolute atomic E-state index is 6.02. The van der Waals surface area contributed by atoms with E-state index in [-0.39, 0.29) is 0 Å². The van der Waals surface area contributed by atoms with E-state index in [0.717, 1.165) is 38.5 Å². The summed E-state index contributed by atoms with van der Waals surface area (Å²) in [5.74, 6) is 1.40. The second-order valence-corrected chi connectivity index (χ2v) is 7.18. The standard InChI is InChI=1S/C16H21BrN2OS/c1-10(2)16-19-14(9-21-16)8-20-15-11(3)6-13(17)7-12(15)4-5-18/h6-7,9-10H,4-5,8,18H2,1-3H3. The number of aryl methyl sites for hydroxylation is 1. The van der Waals surface area contributed by atoms with Gasteiger partial charge in [-0.15, -0.1) is 11.3 Å². The van der Waals surface area contributed by atoms with Crippen LogP contribution < -0.4 is 10.5 Å². The van der Waals surface area contributed by atoms with Crippen molar-refractivity contribution in [3.05, 3.63) is 43.8 Å². The third-order valence-electron chi connectivity index (χ3n) is 3.16. The predicted octanol–water partition coefficient (Wildman–Crippen LogP) is 4.42. The minimum absolute atomic E-state index is 0.464. The number of aromatic nitrogens is 1. The topological polar surface area (TPSA) is 48.1 Å². The molecule has 0 bridgehead atoms. The molecule has 0 aliphatic carbocycles. The molecule has 0 unspecified atom stereocenters. The Kier molecular flexibility index (Phi) is 5.79. The zero-order valence-electron chi connectivity index (χ0n) is 12.6. The van der Waals surface area contributed by atoms with Crippen LogP contribution in [-0.4, -0.2) is 11.5 Å². The molecule has 21 heavy (non-hydrogen) atoms. The van der Waals surface area contributed by atoms with Gasteiger partial charge in [0.15, 0.2) is 0 Å². The summed E-state index contributed by atoms with van der Waals surface area (Å²) in [6.07, 6.45) is 0.809. The van der Waals surface area contributed by atoms with Crippen molar-refractivity contribution in [2.45, 2.75) is 39.7 Å². The molecule has 1 aromatic carbocycles. The number of thiazole rings is 1. The average molecular weight is 369 g/mol. The van der Waals surface area contributed by atoms with Crippen LogP contribution in [0, 0.1) is 6.92 Å². The quantitative estimate of drug-likeness (QED) is 0.820. The van der Waals surface area contributed by atoms with Gasteiger partial charge in [0, 0.05) is 15.8 Å². The molecule has 0 saturated heterocycles. The smallest absolute Gasteiger partial charge is 0.131 e. The van der Waals surface area contributed by atoms with Crippen molar-refractivity contribution in [2.75, 3.05) is 6.54 Å². The highest BCUT2D eigenvalue weighted by Crippen LogP contribution is 2.29. The van der Waals surface area contributed by atoms with Crippen LogP contribution in [0.3, 0.4) is 0 Å². The molecule has 0 saturated carbocycles. The van der Waals surface area contributed by atoms with Crippen LogP contribution in [0.1, 0.15) is 41.6 Å². The van der Waals surface area contributed by atoms with Crippen molar-refractivity contribution in [2.24, 2.45) is 5.73 Å². The number of nitrogens with zero attached hydrogens (tertiary/aromatic N) is 1. The Labute approximate surface area is 138 Å². The summed E-state index contributed by atoms with van der Waals surface area (Å²) in [5, 5.41) is 3.23. The van der Waals surface area contributed by atoms with Crippen molar-refractivity contribution in [1.29, 1.82) is 0 Å². The van der Waals surface area contributed by atoms with E-state index in [1.165, 1.54) is 0 Å². The number of benzene rings is 1. The summed E-state index contributed by atoms with van der Waals surface area (Å²) in [6, 6.07) is 4.14. The maximum Gasteiger partial charge on any atom is 0.131 e. The van der Waals surface area contributed by atoms with E-state index in [4.69, 9.17) is 10.5 Å². The predicted molar refractivity (Wildman–Crippen MR) is 92.2 cm³/mol. The highest BCUT2D eigenvalue weighted by molar-refractivity contribution is 9.10. The van der Waals surface area contributed by atoms with Crippen molar-refractivity contribution in [3.8, 4) is 5.75 Å². The van der Waals surface area contributed by atoms with E-state index >= 15 is 0 Å². The summed E-state index contributed by atoms with van der Waals surface area (Å²) in [6.45, 7) is 7.48. The molecule has 0 aliphatic heterocycles. The molecule has 0 atom stereocenters. The summed E-state index contributed by atoms with van der Waals surface area (Å²) in [7, 11) is 0. The lowest BCUT2D eigenvalue weighted by atomic mass is 10.1. The van der Waals surface area contributed by atoms with Gasteiger partial charge in [0.1, 0.15) is 12.4 Å². The van der Waals surface area contributed by atoms with Crippen LogP contribution in [-0.2, 0) is 13.0 Å². The second-order valence-electron chi connectivity index (χ2n) is 5.37. The first-order chi connectivity index (χ1) is 10.0. The van der Waals surface area contributed by atoms with Gasteiger partial charge < -0.3 is 10.5 Å². The lowest BCUT2D eigenvalue weighted by Crippen LogP contribution is -2.07. The minimum Gasteiger partial charge on any atom is -0.487 e. The number of hydrogen-bond donors (Lipinski definition) is 1. The van der Waals surface area contributed by atoms with Crippen LogP contribution in [0.15, 0.2) is 22.0 Å². The van der Waals surface area contributed by atoms with Crippen molar-refractivity contribution < 1.29 is 4.74 Å². The third-order valence-corrected chi connectivity index (χ3v) is 4.81. The average Bonchev–Trinajstić information content (AvgIpc) is 2.87. The Hall–Kier alpha value is -0.910. The number of rotatable bonds is 6. The molecule has 0 radical (unpaired) electrons. The fourth-order valence-electron chi connectivity index (χ4n) is 2.15. The fraction of sp³-hybridized carbons (Fsp3) is 0.438. The Bertz CT molecular complexity index is 610. The van der Waals surface area contributed by atoms with Crippen molar-refractivity contribution in [3.63, 3.8) is 0 Å². The Balaban J connectivity index is 2.14. The summed E-state index contributed by atoms with van der Waals surface area (Å²) >= 11 is 5.22. The molecular formula is C16H21BrN2OS.